The number of benzene rings is 2. The van der Waals surface area contributed by atoms with Gasteiger partial charge in [0.2, 0.25) is 0 Å². The SMILES string of the molecule is CC(C)COc1cccc(CNc2cc(Cl)ccc2Cl)c1. The molecule has 2 nitrogen and oxygen atoms in total. The highest BCUT2D eigenvalue weighted by molar-refractivity contribution is 6.35. The van der Waals surface area contributed by atoms with Crippen molar-refractivity contribution in [1.29, 1.82) is 0 Å². The molecule has 0 aliphatic rings. The molecular formula is C17H19Cl2NO. The van der Waals surface area contributed by atoms with Crippen molar-refractivity contribution in [1.82, 2.24) is 0 Å². The minimum Gasteiger partial charge on any atom is -0.493 e. The maximum atomic E-state index is 6.13. The second-order valence-electron chi connectivity index (χ2n) is 5.33. The highest BCUT2D eigenvalue weighted by Gasteiger charge is 2.03. The van der Waals surface area contributed by atoms with Crippen molar-refractivity contribution >= 4 is 28.9 Å². The summed E-state index contributed by atoms with van der Waals surface area (Å²) in [4.78, 5) is 0. The first-order chi connectivity index (χ1) is 10.0. The average molecular weight is 324 g/mol. The van der Waals surface area contributed by atoms with E-state index >= 15 is 0 Å². The van der Waals surface area contributed by atoms with Crippen LogP contribution < -0.4 is 10.1 Å². The summed E-state index contributed by atoms with van der Waals surface area (Å²) in [6, 6.07) is 13.4. The number of anilines is 1. The Bertz CT molecular complexity index is 599. The monoisotopic (exact) mass is 323 g/mol. The quantitative estimate of drug-likeness (QED) is 0.742. The van der Waals surface area contributed by atoms with Gasteiger partial charge < -0.3 is 10.1 Å². The van der Waals surface area contributed by atoms with E-state index < -0.39 is 0 Å². The molecule has 0 fully saturated rings. The first kappa shape index (κ1) is 16.0. The van der Waals surface area contributed by atoms with Crippen molar-refractivity contribution in [2.24, 2.45) is 5.92 Å². The molecule has 0 aliphatic heterocycles. The van der Waals surface area contributed by atoms with Gasteiger partial charge in [-0.2, -0.15) is 0 Å². The van der Waals surface area contributed by atoms with Crippen LogP contribution in [0.25, 0.3) is 0 Å². The molecule has 0 heterocycles. The van der Waals surface area contributed by atoms with Crippen molar-refractivity contribution in [3.05, 3.63) is 58.1 Å². The zero-order valence-corrected chi connectivity index (χ0v) is 13.7. The van der Waals surface area contributed by atoms with Gasteiger partial charge in [0.25, 0.3) is 0 Å². The first-order valence-electron chi connectivity index (χ1n) is 6.95. The Hall–Kier alpha value is -1.38. The van der Waals surface area contributed by atoms with Crippen LogP contribution in [0, 0.1) is 5.92 Å². The smallest absolute Gasteiger partial charge is 0.119 e. The molecule has 21 heavy (non-hydrogen) atoms. The van der Waals surface area contributed by atoms with Crippen molar-refractivity contribution in [3.8, 4) is 5.75 Å². The molecule has 0 aromatic heterocycles. The molecule has 0 amide bonds. The van der Waals surface area contributed by atoms with Gasteiger partial charge in [-0.15, -0.1) is 0 Å². The fourth-order valence-electron chi connectivity index (χ4n) is 1.84. The lowest BCUT2D eigenvalue weighted by atomic mass is 10.2. The van der Waals surface area contributed by atoms with Crippen LogP contribution in [-0.2, 0) is 6.54 Å². The predicted octanol–water partition coefficient (Wildman–Crippen LogP) is 5.64. The second kappa shape index (κ2) is 7.58. The van der Waals surface area contributed by atoms with Crippen LogP contribution in [0.1, 0.15) is 19.4 Å². The molecule has 0 saturated heterocycles. The number of hydrogen-bond donors (Lipinski definition) is 1. The van der Waals surface area contributed by atoms with Crippen LogP contribution in [0.2, 0.25) is 10.0 Å². The molecule has 0 atom stereocenters. The Morgan fingerprint density at radius 2 is 1.90 bits per heavy atom. The number of ether oxygens (including phenoxy) is 1. The zero-order chi connectivity index (χ0) is 15.2. The number of hydrogen-bond acceptors (Lipinski definition) is 2. The van der Waals surface area contributed by atoms with E-state index in [4.69, 9.17) is 27.9 Å². The minimum absolute atomic E-state index is 0.511. The summed E-state index contributed by atoms with van der Waals surface area (Å²) in [5, 5.41) is 4.61. The number of rotatable bonds is 6. The maximum absolute atomic E-state index is 6.13. The van der Waals surface area contributed by atoms with Crippen LogP contribution in [-0.4, -0.2) is 6.61 Å². The van der Waals surface area contributed by atoms with Gasteiger partial charge in [-0.1, -0.05) is 49.2 Å². The molecule has 2 aromatic carbocycles. The Morgan fingerprint density at radius 3 is 2.67 bits per heavy atom. The maximum Gasteiger partial charge on any atom is 0.119 e. The van der Waals surface area contributed by atoms with E-state index in [0.717, 1.165) is 23.6 Å². The Balaban J connectivity index is 1.99. The highest BCUT2D eigenvalue weighted by Crippen LogP contribution is 2.26. The first-order valence-corrected chi connectivity index (χ1v) is 7.71. The Kier molecular flexibility index (Phi) is 5.77. The third-order valence-electron chi connectivity index (χ3n) is 2.89. The summed E-state index contributed by atoms with van der Waals surface area (Å²) in [6.45, 7) is 5.65. The molecule has 0 unspecified atom stereocenters. The molecule has 4 heteroatoms. The van der Waals surface area contributed by atoms with E-state index in [2.05, 4.69) is 19.2 Å². The molecular weight excluding hydrogens is 305 g/mol. The van der Waals surface area contributed by atoms with Crippen molar-refractivity contribution in [2.45, 2.75) is 20.4 Å². The highest BCUT2D eigenvalue weighted by atomic mass is 35.5. The predicted molar refractivity (Wildman–Crippen MR) is 90.6 cm³/mol. The Labute approximate surface area is 136 Å². The third kappa shape index (κ3) is 5.14. The molecule has 0 bridgehead atoms. The van der Waals surface area contributed by atoms with Gasteiger partial charge in [-0.05, 0) is 41.8 Å². The van der Waals surface area contributed by atoms with E-state index in [1.165, 1.54) is 0 Å². The molecule has 112 valence electrons. The van der Waals surface area contributed by atoms with Gasteiger partial charge in [-0.25, -0.2) is 0 Å². The number of halogens is 2. The largest absolute Gasteiger partial charge is 0.493 e. The van der Waals surface area contributed by atoms with Gasteiger partial charge in [0, 0.05) is 11.6 Å². The normalized spacial score (nSPS) is 10.7. The summed E-state index contributed by atoms with van der Waals surface area (Å²) in [6.07, 6.45) is 0. The zero-order valence-electron chi connectivity index (χ0n) is 12.2. The lowest BCUT2D eigenvalue weighted by molar-refractivity contribution is 0.271. The van der Waals surface area contributed by atoms with Gasteiger partial charge in [0.1, 0.15) is 5.75 Å². The third-order valence-corrected chi connectivity index (χ3v) is 3.46. The van der Waals surface area contributed by atoms with Crippen LogP contribution in [0.3, 0.4) is 0 Å². The van der Waals surface area contributed by atoms with Gasteiger partial charge in [0.05, 0.1) is 17.3 Å². The lowest BCUT2D eigenvalue weighted by Crippen LogP contribution is -2.05. The van der Waals surface area contributed by atoms with Gasteiger partial charge in [-0.3, -0.25) is 0 Å². The van der Waals surface area contributed by atoms with Crippen LogP contribution in [0.15, 0.2) is 42.5 Å². The standard InChI is InChI=1S/C17H19Cl2NO/c1-12(2)11-21-15-5-3-4-13(8-15)10-20-17-9-14(18)6-7-16(17)19/h3-9,12,20H,10-11H2,1-2H3. The molecule has 0 saturated carbocycles. The summed E-state index contributed by atoms with van der Waals surface area (Å²) < 4.78 is 5.73. The van der Waals surface area contributed by atoms with Crippen LogP contribution >= 0.6 is 23.2 Å². The van der Waals surface area contributed by atoms with Crippen molar-refractivity contribution in [2.75, 3.05) is 11.9 Å². The molecule has 2 aromatic rings. The molecule has 1 N–H and O–H groups in total. The lowest BCUT2D eigenvalue weighted by Gasteiger charge is -2.12. The molecule has 0 radical (unpaired) electrons. The van der Waals surface area contributed by atoms with E-state index in [1.807, 2.05) is 30.3 Å². The van der Waals surface area contributed by atoms with E-state index in [0.29, 0.717) is 22.5 Å². The minimum atomic E-state index is 0.511. The number of nitrogens with one attached hydrogen (secondary N) is 1. The summed E-state index contributed by atoms with van der Waals surface area (Å²) in [7, 11) is 0. The van der Waals surface area contributed by atoms with Crippen molar-refractivity contribution < 1.29 is 4.74 Å². The van der Waals surface area contributed by atoms with Crippen LogP contribution in [0.4, 0.5) is 5.69 Å². The molecule has 2 rings (SSSR count). The average Bonchev–Trinajstić information content (AvgIpc) is 2.46. The van der Waals surface area contributed by atoms with E-state index in [-0.39, 0.29) is 0 Å². The summed E-state index contributed by atoms with van der Waals surface area (Å²) in [5.41, 5.74) is 1.96. The second-order valence-corrected chi connectivity index (χ2v) is 6.17. The van der Waals surface area contributed by atoms with Crippen LogP contribution in [0.5, 0.6) is 5.75 Å². The van der Waals surface area contributed by atoms with E-state index in [1.54, 1.807) is 12.1 Å². The van der Waals surface area contributed by atoms with Gasteiger partial charge in [0.15, 0.2) is 0 Å². The molecule has 0 spiro atoms. The fourth-order valence-corrected chi connectivity index (χ4v) is 2.19. The molecule has 0 aliphatic carbocycles. The van der Waals surface area contributed by atoms with Crippen molar-refractivity contribution in [3.63, 3.8) is 0 Å². The van der Waals surface area contributed by atoms with E-state index in [9.17, 15) is 0 Å². The summed E-state index contributed by atoms with van der Waals surface area (Å²) in [5.74, 6) is 1.40. The summed E-state index contributed by atoms with van der Waals surface area (Å²) >= 11 is 12.1. The topological polar surface area (TPSA) is 21.3 Å². The fraction of sp³-hybridized carbons (Fsp3) is 0.294. The van der Waals surface area contributed by atoms with Gasteiger partial charge >= 0.3 is 0 Å². The Morgan fingerprint density at radius 1 is 1.10 bits per heavy atom.